The lowest BCUT2D eigenvalue weighted by Crippen LogP contribution is -2.30. The number of ether oxygens (including phenoxy) is 1. The SMILES string of the molecule is COc1ccc(NC(=O)/C(=C\c2ccc(F)cc2)NC(=O)c2ccccc2)cc1. The van der Waals surface area contributed by atoms with E-state index in [1.54, 1.807) is 61.7 Å². The van der Waals surface area contributed by atoms with Crippen molar-refractivity contribution in [2.75, 3.05) is 12.4 Å². The first-order chi connectivity index (χ1) is 14.0. The van der Waals surface area contributed by atoms with Crippen molar-refractivity contribution < 1.29 is 18.7 Å². The summed E-state index contributed by atoms with van der Waals surface area (Å²) in [5.41, 5.74) is 1.55. The number of methoxy groups -OCH3 is 1. The van der Waals surface area contributed by atoms with E-state index >= 15 is 0 Å². The minimum atomic E-state index is -0.510. The van der Waals surface area contributed by atoms with Crippen LogP contribution in [0.15, 0.2) is 84.6 Å². The molecule has 0 aromatic heterocycles. The molecule has 2 N–H and O–H groups in total. The first-order valence-electron chi connectivity index (χ1n) is 8.84. The summed E-state index contributed by atoms with van der Waals surface area (Å²) in [6, 6.07) is 20.9. The van der Waals surface area contributed by atoms with Gasteiger partial charge in [-0.1, -0.05) is 30.3 Å². The average Bonchev–Trinajstić information content (AvgIpc) is 2.76. The number of hydrogen-bond acceptors (Lipinski definition) is 3. The first-order valence-corrected chi connectivity index (χ1v) is 8.84. The first kappa shape index (κ1) is 19.8. The van der Waals surface area contributed by atoms with Gasteiger partial charge in [0.25, 0.3) is 11.8 Å². The standard InChI is InChI=1S/C23H19FN2O3/c1-29-20-13-11-19(12-14-20)25-23(28)21(15-16-7-9-18(24)10-8-16)26-22(27)17-5-3-2-4-6-17/h2-15H,1H3,(H,25,28)(H,26,27)/b21-15+. The van der Waals surface area contributed by atoms with Crippen LogP contribution in [0.4, 0.5) is 10.1 Å². The molecule has 3 aromatic carbocycles. The monoisotopic (exact) mass is 390 g/mol. The summed E-state index contributed by atoms with van der Waals surface area (Å²) in [4.78, 5) is 25.3. The molecule has 0 aliphatic carbocycles. The molecule has 0 spiro atoms. The highest BCUT2D eigenvalue weighted by Gasteiger charge is 2.15. The highest BCUT2D eigenvalue weighted by molar-refractivity contribution is 6.10. The van der Waals surface area contributed by atoms with Crippen LogP contribution in [0.5, 0.6) is 5.75 Å². The molecule has 0 radical (unpaired) electrons. The Morgan fingerprint density at radius 1 is 0.897 bits per heavy atom. The summed E-state index contributed by atoms with van der Waals surface area (Å²) in [7, 11) is 1.55. The number of rotatable bonds is 6. The fourth-order valence-corrected chi connectivity index (χ4v) is 2.54. The summed E-state index contributed by atoms with van der Waals surface area (Å²) in [5.74, 6) is -0.672. The molecule has 0 saturated carbocycles. The predicted molar refractivity (Wildman–Crippen MR) is 110 cm³/mol. The van der Waals surface area contributed by atoms with Crippen molar-refractivity contribution in [3.8, 4) is 5.75 Å². The average molecular weight is 390 g/mol. The normalized spacial score (nSPS) is 10.9. The van der Waals surface area contributed by atoms with Gasteiger partial charge in [0.1, 0.15) is 17.3 Å². The van der Waals surface area contributed by atoms with Crippen molar-refractivity contribution in [3.05, 3.63) is 102 Å². The molecule has 0 bridgehead atoms. The zero-order valence-electron chi connectivity index (χ0n) is 15.7. The van der Waals surface area contributed by atoms with E-state index in [4.69, 9.17) is 4.74 Å². The van der Waals surface area contributed by atoms with Gasteiger partial charge in [-0.3, -0.25) is 9.59 Å². The Morgan fingerprint density at radius 2 is 1.55 bits per heavy atom. The molecule has 0 fully saturated rings. The fourth-order valence-electron chi connectivity index (χ4n) is 2.54. The van der Waals surface area contributed by atoms with Gasteiger partial charge >= 0.3 is 0 Å². The largest absolute Gasteiger partial charge is 0.497 e. The van der Waals surface area contributed by atoms with Crippen LogP contribution in [0.3, 0.4) is 0 Å². The van der Waals surface area contributed by atoms with Crippen molar-refractivity contribution in [2.24, 2.45) is 0 Å². The summed E-state index contributed by atoms with van der Waals surface area (Å²) < 4.78 is 18.3. The van der Waals surface area contributed by atoms with Crippen LogP contribution >= 0.6 is 0 Å². The summed E-state index contributed by atoms with van der Waals surface area (Å²) >= 11 is 0. The maximum Gasteiger partial charge on any atom is 0.272 e. The van der Waals surface area contributed by atoms with Crippen LogP contribution in [-0.4, -0.2) is 18.9 Å². The quantitative estimate of drug-likeness (QED) is 0.619. The van der Waals surface area contributed by atoms with E-state index in [2.05, 4.69) is 10.6 Å². The van der Waals surface area contributed by atoms with Crippen LogP contribution in [0, 0.1) is 5.82 Å². The van der Waals surface area contributed by atoms with E-state index in [-0.39, 0.29) is 11.5 Å². The Hall–Kier alpha value is -3.93. The molecule has 2 amide bonds. The third-order valence-electron chi connectivity index (χ3n) is 4.06. The van der Waals surface area contributed by atoms with Gasteiger partial charge in [-0.2, -0.15) is 0 Å². The fraction of sp³-hybridized carbons (Fsp3) is 0.0435. The zero-order valence-corrected chi connectivity index (χ0v) is 15.7. The molecule has 6 heteroatoms. The molecule has 0 unspecified atom stereocenters. The van der Waals surface area contributed by atoms with E-state index in [1.807, 2.05) is 0 Å². The van der Waals surface area contributed by atoms with Gasteiger partial charge in [-0.05, 0) is 60.2 Å². The molecule has 3 rings (SSSR count). The lowest BCUT2D eigenvalue weighted by molar-refractivity contribution is -0.113. The highest BCUT2D eigenvalue weighted by Crippen LogP contribution is 2.16. The second-order valence-corrected chi connectivity index (χ2v) is 6.11. The van der Waals surface area contributed by atoms with E-state index in [0.717, 1.165) is 0 Å². The Balaban J connectivity index is 1.85. The number of carbonyl (C=O) groups excluding carboxylic acids is 2. The molecule has 146 valence electrons. The minimum absolute atomic E-state index is 0.0290. The smallest absolute Gasteiger partial charge is 0.272 e. The Kier molecular flexibility index (Phi) is 6.37. The second kappa shape index (κ2) is 9.32. The van der Waals surface area contributed by atoms with Crippen molar-refractivity contribution in [2.45, 2.75) is 0 Å². The predicted octanol–water partition coefficient (Wildman–Crippen LogP) is 4.24. The number of halogens is 1. The molecule has 0 atom stereocenters. The van der Waals surface area contributed by atoms with E-state index < -0.39 is 11.8 Å². The number of nitrogens with one attached hydrogen (secondary N) is 2. The molecule has 0 heterocycles. The van der Waals surface area contributed by atoms with Gasteiger partial charge in [0.15, 0.2) is 0 Å². The molecule has 0 aliphatic heterocycles. The lowest BCUT2D eigenvalue weighted by Gasteiger charge is -2.12. The van der Waals surface area contributed by atoms with Crippen LogP contribution in [0.2, 0.25) is 0 Å². The van der Waals surface area contributed by atoms with Gasteiger partial charge in [0.05, 0.1) is 7.11 Å². The third-order valence-corrected chi connectivity index (χ3v) is 4.06. The van der Waals surface area contributed by atoms with Gasteiger partial charge in [0, 0.05) is 11.3 Å². The van der Waals surface area contributed by atoms with Crippen LogP contribution in [-0.2, 0) is 4.79 Å². The van der Waals surface area contributed by atoms with Gasteiger partial charge in [-0.15, -0.1) is 0 Å². The van der Waals surface area contributed by atoms with Gasteiger partial charge in [0.2, 0.25) is 0 Å². The summed E-state index contributed by atoms with van der Waals surface area (Å²) in [5, 5.41) is 5.36. The minimum Gasteiger partial charge on any atom is -0.497 e. The Morgan fingerprint density at radius 3 is 2.17 bits per heavy atom. The highest BCUT2D eigenvalue weighted by atomic mass is 19.1. The Labute approximate surface area is 167 Å². The molecule has 29 heavy (non-hydrogen) atoms. The number of amides is 2. The molecular formula is C23H19FN2O3. The molecule has 0 saturated heterocycles. The number of benzene rings is 3. The van der Waals surface area contributed by atoms with Crippen molar-refractivity contribution in [1.29, 1.82) is 0 Å². The van der Waals surface area contributed by atoms with E-state index in [9.17, 15) is 14.0 Å². The maximum atomic E-state index is 13.2. The van der Waals surface area contributed by atoms with Crippen molar-refractivity contribution in [3.63, 3.8) is 0 Å². The second-order valence-electron chi connectivity index (χ2n) is 6.11. The van der Waals surface area contributed by atoms with Crippen LogP contribution in [0.1, 0.15) is 15.9 Å². The van der Waals surface area contributed by atoms with Gasteiger partial charge < -0.3 is 15.4 Å². The Bertz CT molecular complexity index is 1010. The zero-order chi connectivity index (χ0) is 20.6. The van der Waals surface area contributed by atoms with Crippen molar-refractivity contribution >= 4 is 23.6 Å². The van der Waals surface area contributed by atoms with Crippen LogP contribution < -0.4 is 15.4 Å². The van der Waals surface area contributed by atoms with Crippen molar-refractivity contribution in [1.82, 2.24) is 5.32 Å². The molecule has 5 nitrogen and oxygen atoms in total. The molecule has 3 aromatic rings. The third kappa shape index (κ3) is 5.52. The van der Waals surface area contributed by atoms with E-state index in [0.29, 0.717) is 22.6 Å². The molecular weight excluding hydrogens is 371 g/mol. The van der Waals surface area contributed by atoms with Gasteiger partial charge in [-0.25, -0.2) is 4.39 Å². The summed E-state index contributed by atoms with van der Waals surface area (Å²) in [6.07, 6.45) is 1.49. The molecule has 0 aliphatic rings. The topological polar surface area (TPSA) is 67.4 Å². The maximum absolute atomic E-state index is 13.2. The summed E-state index contributed by atoms with van der Waals surface area (Å²) in [6.45, 7) is 0. The number of anilines is 1. The van der Waals surface area contributed by atoms with Crippen LogP contribution in [0.25, 0.3) is 6.08 Å². The van der Waals surface area contributed by atoms with E-state index in [1.165, 1.54) is 30.3 Å². The number of carbonyl (C=O) groups is 2. The lowest BCUT2D eigenvalue weighted by atomic mass is 10.1. The number of hydrogen-bond donors (Lipinski definition) is 2.